The molecule has 1 aliphatic heterocycles. The molecule has 3 rings (SSSR count). The number of hydrogen-bond donors (Lipinski definition) is 1. The highest BCUT2D eigenvalue weighted by Gasteiger charge is 2.20. The minimum Gasteiger partial charge on any atom is -0.378 e. The van der Waals surface area contributed by atoms with Gasteiger partial charge in [0.05, 0.1) is 6.10 Å². The first kappa shape index (κ1) is 23.2. The number of piperazine rings is 1. The van der Waals surface area contributed by atoms with Crippen molar-refractivity contribution in [3.05, 3.63) is 24.4 Å². The van der Waals surface area contributed by atoms with Crippen molar-refractivity contribution >= 4 is 35.8 Å². The molecule has 0 bridgehead atoms. The molecular formula is C21H36IN5O. The largest absolute Gasteiger partial charge is 0.378 e. The Morgan fingerprint density at radius 2 is 1.96 bits per heavy atom. The Balaban J connectivity index is 0.00000280. The van der Waals surface area contributed by atoms with Gasteiger partial charge in [-0.15, -0.1) is 24.0 Å². The van der Waals surface area contributed by atoms with Gasteiger partial charge in [-0.1, -0.05) is 25.3 Å². The molecule has 0 unspecified atom stereocenters. The Hall–Kier alpha value is -1.09. The van der Waals surface area contributed by atoms with Gasteiger partial charge in [0.2, 0.25) is 0 Å². The second-order valence-electron chi connectivity index (χ2n) is 7.38. The smallest absolute Gasteiger partial charge is 0.194 e. The van der Waals surface area contributed by atoms with Crippen molar-refractivity contribution in [1.82, 2.24) is 15.2 Å². The Morgan fingerprint density at radius 3 is 2.64 bits per heavy atom. The van der Waals surface area contributed by atoms with Crippen LogP contribution < -0.4 is 10.2 Å². The number of ether oxygens (including phenoxy) is 1. The number of nitrogens with one attached hydrogen (secondary N) is 1. The molecule has 7 heteroatoms. The molecule has 0 atom stereocenters. The SMILES string of the molecule is CCNC(=NCCCOC1CCCCC1)N1CCN(c2ccccn2)CC1.I. The minimum atomic E-state index is 0. The van der Waals surface area contributed by atoms with Crippen LogP contribution in [0.4, 0.5) is 5.82 Å². The highest BCUT2D eigenvalue weighted by molar-refractivity contribution is 14.0. The van der Waals surface area contributed by atoms with Crippen molar-refractivity contribution in [2.45, 2.75) is 51.6 Å². The number of rotatable bonds is 7. The lowest BCUT2D eigenvalue weighted by Gasteiger charge is -2.37. The molecule has 1 aromatic heterocycles. The van der Waals surface area contributed by atoms with Crippen molar-refractivity contribution in [2.24, 2.45) is 4.99 Å². The van der Waals surface area contributed by atoms with Gasteiger partial charge in [-0.25, -0.2) is 4.98 Å². The Labute approximate surface area is 187 Å². The lowest BCUT2D eigenvalue weighted by molar-refractivity contribution is 0.0281. The van der Waals surface area contributed by atoms with Crippen molar-refractivity contribution < 1.29 is 4.74 Å². The highest BCUT2D eigenvalue weighted by Crippen LogP contribution is 2.20. The molecule has 158 valence electrons. The zero-order valence-electron chi connectivity index (χ0n) is 17.2. The second-order valence-corrected chi connectivity index (χ2v) is 7.38. The van der Waals surface area contributed by atoms with E-state index >= 15 is 0 Å². The predicted molar refractivity (Wildman–Crippen MR) is 127 cm³/mol. The third kappa shape index (κ3) is 7.39. The maximum Gasteiger partial charge on any atom is 0.194 e. The van der Waals surface area contributed by atoms with Gasteiger partial charge in [-0.3, -0.25) is 4.99 Å². The van der Waals surface area contributed by atoms with Gasteiger partial charge < -0.3 is 19.9 Å². The number of hydrogen-bond acceptors (Lipinski definition) is 4. The van der Waals surface area contributed by atoms with E-state index in [0.29, 0.717) is 6.10 Å². The van der Waals surface area contributed by atoms with Crippen molar-refractivity contribution in [3.63, 3.8) is 0 Å². The van der Waals surface area contributed by atoms with E-state index in [4.69, 9.17) is 9.73 Å². The number of pyridine rings is 1. The van der Waals surface area contributed by atoms with E-state index in [1.165, 1.54) is 32.1 Å². The summed E-state index contributed by atoms with van der Waals surface area (Å²) < 4.78 is 6.02. The standard InChI is InChI=1S/C21H35N5O.HI/c1-2-22-21(24-13-8-18-27-19-9-4-3-5-10-19)26-16-14-25(15-17-26)20-11-6-7-12-23-20;/h6-7,11-12,19H,2-5,8-10,13-18H2,1H3,(H,22,24);1H. The molecule has 0 spiro atoms. The Kier molecular flexibility index (Phi) is 10.9. The summed E-state index contributed by atoms with van der Waals surface area (Å²) in [4.78, 5) is 14.0. The summed E-state index contributed by atoms with van der Waals surface area (Å²) in [5.74, 6) is 2.11. The van der Waals surface area contributed by atoms with E-state index in [1.54, 1.807) is 0 Å². The fourth-order valence-electron chi connectivity index (χ4n) is 3.85. The van der Waals surface area contributed by atoms with Crippen LogP contribution in [0.25, 0.3) is 0 Å². The molecule has 1 N–H and O–H groups in total. The summed E-state index contributed by atoms with van der Waals surface area (Å²) in [6, 6.07) is 6.10. The van der Waals surface area contributed by atoms with Crippen molar-refractivity contribution in [3.8, 4) is 0 Å². The van der Waals surface area contributed by atoms with Crippen molar-refractivity contribution in [2.75, 3.05) is 50.8 Å². The minimum absolute atomic E-state index is 0. The fourth-order valence-corrected chi connectivity index (χ4v) is 3.85. The number of aliphatic imine (C=N–C) groups is 1. The summed E-state index contributed by atoms with van der Waals surface area (Å²) in [5.41, 5.74) is 0. The molecular weight excluding hydrogens is 465 g/mol. The summed E-state index contributed by atoms with van der Waals surface area (Å²) in [6.45, 7) is 8.60. The molecule has 0 aromatic carbocycles. The van der Waals surface area contributed by atoms with Gasteiger partial charge >= 0.3 is 0 Å². The van der Waals surface area contributed by atoms with E-state index in [9.17, 15) is 0 Å². The van der Waals surface area contributed by atoms with Gasteiger partial charge in [0.15, 0.2) is 5.96 Å². The third-order valence-corrected chi connectivity index (χ3v) is 5.36. The highest BCUT2D eigenvalue weighted by atomic mass is 127. The van der Waals surface area contributed by atoms with E-state index in [-0.39, 0.29) is 24.0 Å². The van der Waals surface area contributed by atoms with Crippen LogP contribution in [0, 0.1) is 0 Å². The Bertz CT molecular complexity index is 557. The van der Waals surface area contributed by atoms with Crippen LogP contribution in [0.5, 0.6) is 0 Å². The molecule has 2 heterocycles. The average Bonchev–Trinajstić information content (AvgIpc) is 2.74. The molecule has 6 nitrogen and oxygen atoms in total. The number of anilines is 1. The first-order valence-electron chi connectivity index (χ1n) is 10.7. The van der Waals surface area contributed by atoms with E-state index in [1.807, 2.05) is 12.3 Å². The van der Waals surface area contributed by atoms with Crippen LogP contribution in [0.15, 0.2) is 29.4 Å². The van der Waals surface area contributed by atoms with Crippen LogP contribution in [0.3, 0.4) is 0 Å². The van der Waals surface area contributed by atoms with Crippen LogP contribution >= 0.6 is 24.0 Å². The molecule has 2 fully saturated rings. The summed E-state index contributed by atoms with van der Waals surface area (Å²) in [6.07, 6.45) is 9.89. The lowest BCUT2D eigenvalue weighted by atomic mass is 9.98. The second kappa shape index (κ2) is 13.2. The van der Waals surface area contributed by atoms with E-state index in [2.05, 4.69) is 39.2 Å². The molecule has 1 aliphatic carbocycles. The third-order valence-electron chi connectivity index (χ3n) is 5.36. The lowest BCUT2D eigenvalue weighted by Crippen LogP contribution is -2.52. The average molecular weight is 501 g/mol. The fraction of sp³-hybridized carbons (Fsp3) is 0.714. The first-order chi connectivity index (χ1) is 13.4. The molecule has 0 radical (unpaired) electrons. The van der Waals surface area contributed by atoms with Crippen LogP contribution in [0.2, 0.25) is 0 Å². The summed E-state index contributed by atoms with van der Waals surface area (Å²) >= 11 is 0. The summed E-state index contributed by atoms with van der Waals surface area (Å²) in [7, 11) is 0. The molecule has 1 aromatic rings. The first-order valence-corrected chi connectivity index (χ1v) is 10.7. The summed E-state index contributed by atoms with van der Waals surface area (Å²) in [5, 5.41) is 3.45. The van der Waals surface area contributed by atoms with Crippen molar-refractivity contribution in [1.29, 1.82) is 0 Å². The van der Waals surface area contributed by atoms with Crippen LogP contribution in [0.1, 0.15) is 45.4 Å². The monoisotopic (exact) mass is 501 g/mol. The quantitative estimate of drug-likeness (QED) is 0.268. The van der Waals surface area contributed by atoms with Gasteiger partial charge in [-0.05, 0) is 38.3 Å². The van der Waals surface area contributed by atoms with Crippen LogP contribution in [-0.2, 0) is 4.74 Å². The van der Waals surface area contributed by atoms with Gasteiger partial charge in [-0.2, -0.15) is 0 Å². The normalized spacial score (nSPS) is 18.7. The van der Waals surface area contributed by atoms with Gasteiger partial charge in [0.25, 0.3) is 0 Å². The van der Waals surface area contributed by atoms with E-state index in [0.717, 1.165) is 64.1 Å². The number of aromatic nitrogens is 1. The molecule has 0 amide bonds. The molecule has 28 heavy (non-hydrogen) atoms. The molecule has 1 saturated carbocycles. The molecule has 1 saturated heterocycles. The topological polar surface area (TPSA) is 53.0 Å². The van der Waals surface area contributed by atoms with Gasteiger partial charge in [0.1, 0.15) is 5.82 Å². The van der Waals surface area contributed by atoms with Gasteiger partial charge in [0, 0.05) is 52.1 Å². The number of nitrogens with zero attached hydrogens (tertiary/aromatic N) is 4. The predicted octanol–water partition coefficient (Wildman–Crippen LogP) is 3.53. The van der Waals surface area contributed by atoms with E-state index < -0.39 is 0 Å². The zero-order chi connectivity index (χ0) is 18.7. The maximum atomic E-state index is 6.02. The number of halogens is 1. The zero-order valence-corrected chi connectivity index (χ0v) is 19.5. The van der Waals surface area contributed by atoms with Crippen LogP contribution in [-0.4, -0.2) is 67.8 Å². The number of guanidine groups is 1. The Morgan fingerprint density at radius 1 is 1.18 bits per heavy atom. The maximum absolute atomic E-state index is 6.02. The molecule has 2 aliphatic rings.